The number of hydrogen-bond donors (Lipinski definition) is 3. The predicted molar refractivity (Wildman–Crippen MR) is 76.5 cm³/mol. The third-order valence-corrected chi connectivity index (χ3v) is 5.64. The van der Waals surface area contributed by atoms with Crippen LogP contribution in [0.3, 0.4) is 0 Å². The van der Waals surface area contributed by atoms with Gasteiger partial charge in [0.2, 0.25) is 10.0 Å². The van der Waals surface area contributed by atoms with E-state index in [1.54, 1.807) is 0 Å². The predicted octanol–water partition coefficient (Wildman–Crippen LogP) is 0.660. The van der Waals surface area contributed by atoms with E-state index in [9.17, 15) is 8.42 Å². The molecule has 0 bridgehead atoms. The number of nitrogens with two attached hydrogens (primary N) is 1. The van der Waals surface area contributed by atoms with E-state index in [0.29, 0.717) is 0 Å². The van der Waals surface area contributed by atoms with Gasteiger partial charge in [0, 0.05) is 23.8 Å². The minimum atomic E-state index is -3.90. The van der Waals surface area contributed by atoms with Crippen molar-refractivity contribution in [3.05, 3.63) is 21.6 Å². The van der Waals surface area contributed by atoms with E-state index in [-0.39, 0.29) is 46.4 Å². The lowest BCUT2D eigenvalue weighted by atomic mass is 10.3. The number of halogens is 2. The fourth-order valence-electron chi connectivity index (χ4n) is 1.49. The molecule has 0 atom stereocenters. The topological polar surface area (TPSA) is 104 Å². The average Bonchev–Trinajstić information content (AvgIpc) is 2.33. The smallest absolute Gasteiger partial charge is 0.244 e. The van der Waals surface area contributed by atoms with Crippen molar-refractivity contribution in [3.8, 4) is 0 Å². The summed E-state index contributed by atoms with van der Waals surface area (Å²) in [4.78, 5) is -0.0978. The largest absolute Gasteiger partial charge is 0.398 e. The zero-order valence-electron chi connectivity index (χ0n) is 9.88. The van der Waals surface area contributed by atoms with Gasteiger partial charge in [-0.05, 0) is 28.1 Å². The minimum absolute atomic E-state index is 0.0978. The standard InChI is InChI=1S/C10H14BrClN2O4S/c11-10-8(13)5-7(12)6-9(10)19(17,18)14(1-3-15)2-4-16/h5-6,15-16H,1-4,13H2. The Balaban J connectivity index is 3.32. The maximum Gasteiger partial charge on any atom is 0.244 e. The Hall–Kier alpha value is -0.380. The second-order valence-electron chi connectivity index (χ2n) is 3.66. The highest BCUT2D eigenvalue weighted by molar-refractivity contribution is 9.10. The highest BCUT2D eigenvalue weighted by atomic mass is 79.9. The number of benzene rings is 1. The highest BCUT2D eigenvalue weighted by Gasteiger charge is 2.27. The van der Waals surface area contributed by atoms with Crippen LogP contribution in [0, 0.1) is 0 Å². The van der Waals surface area contributed by atoms with Gasteiger partial charge < -0.3 is 15.9 Å². The van der Waals surface area contributed by atoms with Gasteiger partial charge in [-0.25, -0.2) is 8.42 Å². The normalized spacial score (nSPS) is 12.1. The number of aliphatic hydroxyl groups excluding tert-OH is 2. The van der Waals surface area contributed by atoms with Crippen LogP contribution in [0.2, 0.25) is 5.02 Å². The summed E-state index contributed by atoms with van der Waals surface area (Å²) in [6, 6.07) is 2.69. The fraction of sp³-hybridized carbons (Fsp3) is 0.400. The summed E-state index contributed by atoms with van der Waals surface area (Å²) in [7, 11) is -3.90. The molecular formula is C10H14BrClN2O4S. The van der Waals surface area contributed by atoms with Crippen LogP contribution in [0.4, 0.5) is 5.69 Å². The van der Waals surface area contributed by atoms with Crippen molar-refractivity contribution in [1.82, 2.24) is 4.31 Å². The molecule has 0 heterocycles. The molecule has 0 saturated heterocycles. The first kappa shape index (κ1) is 16.7. The van der Waals surface area contributed by atoms with E-state index in [4.69, 9.17) is 27.5 Å². The summed E-state index contributed by atoms with van der Waals surface area (Å²) in [5, 5.41) is 18.0. The number of anilines is 1. The van der Waals surface area contributed by atoms with Crippen LogP contribution < -0.4 is 5.73 Å². The van der Waals surface area contributed by atoms with Crippen molar-refractivity contribution in [2.24, 2.45) is 0 Å². The molecule has 19 heavy (non-hydrogen) atoms. The Morgan fingerprint density at radius 3 is 2.26 bits per heavy atom. The zero-order valence-corrected chi connectivity index (χ0v) is 13.0. The molecule has 0 unspecified atom stereocenters. The van der Waals surface area contributed by atoms with Crippen molar-refractivity contribution in [2.45, 2.75) is 4.90 Å². The molecule has 0 aromatic heterocycles. The molecule has 4 N–H and O–H groups in total. The van der Waals surface area contributed by atoms with E-state index in [1.807, 2.05) is 0 Å². The van der Waals surface area contributed by atoms with Gasteiger partial charge in [-0.3, -0.25) is 0 Å². The van der Waals surface area contributed by atoms with Crippen LogP contribution in [-0.2, 0) is 10.0 Å². The molecule has 0 aliphatic rings. The summed E-state index contributed by atoms with van der Waals surface area (Å²) in [5.74, 6) is 0. The molecule has 108 valence electrons. The lowest BCUT2D eigenvalue weighted by Crippen LogP contribution is -2.36. The zero-order chi connectivity index (χ0) is 14.6. The van der Waals surface area contributed by atoms with Crippen molar-refractivity contribution < 1.29 is 18.6 Å². The summed E-state index contributed by atoms with van der Waals surface area (Å²) in [6.45, 7) is -0.955. The van der Waals surface area contributed by atoms with E-state index in [1.165, 1.54) is 12.1 Å². The number of sulfonamides is 1. The van der Waals surface area contributed by atoms with Crippen molar-refractivity contribution in [3.63, 3.8) is 0 Å². The van der Waals surface area contributed by atoms with E-state index in [0.717, 1.165) is 4.31 Å². The van der Waals surface area contributed by atoms with Gasteiger partial charge >= 0.3 is 0 Å². The third kappa shape index (κ3) is 3.80. The van der Waals surface area contributed by atoms with Gasteiger partial charge in [-0.15, -0.1) is 0 Å². The molecule has 0 saturated carbocycles. The van der Waals surface area contributed by atoms with Gasteiger partial charge in [0.1, 0.15) is 0 Å². The van der Waals surface area contributed by atoms with Crippen LogP contribution >= 0.6 is 27.5 Å². The number of nitrogen functional groups attached to an aromatic ring is 1. The maximum absolute atomic E-state index is 12.4. The van der Waals surface area contributed by atoms with Crippen LogP contribution in [0.1, 0.15) is 0 Å². The van der Waals surface area contributed by atoms with Gasteiger partial charge in [0.15, 0.2) is 0 Å². The quantitative estimate of drug-likeness (QED) is 0.636. The van der Waals surface area contributed by atoms with Gasteiger partial charge in [-0.2, -0.15) is 4.31 Å². The summed E-state index contributed by atoms with van der Waals surface area (Å²) in [5.41, 5.74) is 5.85. The first-order chi connectivity index (χ1) is 8.84. The Bertz CT molecular complexity index is 547. The number of aliphatic hydroxyl groups is 2. The van der Waals surface area contributed by atoms with Crippen molar-refractivity contribution >= 4 is 43.2 Å². The van der Waals surface area contributed by atoms with Gasteiger partial charge in [-0.1, -0.05) is 11.6 Å². The third-order valence-electron chi connectivity index (χ3n) is 2.35. The van der Waals surface area contributed by atoms with Crippen molar-refractivity contribution in [1.29, 1.82) is 0 Å². The molecule has 0 fully saturated rings. The molecule has 0 aliphatic heterocycles. The molecule has 1 aromatic carbocycles. The number of rotatable bonds is 6. The highest BCUT2D eigenvalue weighted by Crippen LogP contribution is 2.33. The second-order valence-corrected chi connectivity index (χ2v) is 6.79. The second kappa shape index (κ2) is 6.87. The van der Waals surface area contributed by atoms with Crippen LogP contribution in [-0.4, -0.2) is 49.2 Å². The van der Waals surface area contributed by atoms with E-state index < -0.39 is 10.0 Å². The first-order valence-corrected chi connectivity index (χ1v) is 7.92. The Labute approximate surface area is 125 Å². The first-order valence-electron chi connectivity index (χ1n) is 5.31. The Morgan fingerprint density at radius 1 is 1.26 bits per heavy atom. The minimum Gasteiger partial charge on any atom is -0.398 e. The summed E-state index contributed by atoms with van der Waals surface area (Å²) in [6.07, 6.45) is 0. The molecule has 0 spiro atoms. The maximum atomic E-state index is 12.4. The molecule has 9 heteroatoms. The SMILES string of the molecule is Nc1cc(Cl)cc(S(=O)(=O)N(CCO)CCO)c1Br. The number of hydrogen-bond acceptors (Lipinski definition) is 5. The molecule has 1 rings (SSSR count). The lowest BCUT2D eigenvalue weighted by Gasteiger charge is -2.21. The summed E-state index contributed by atoms with van der Waals surface area (Å²) >= 11 is 8.91. The Kier molecular flexibility index (Phi) is 6.03. The monoisotopic (exact) mass is 372 g/mol. The lowest BCUT2D eigenvalue weighted by molar-refractivity contribution is 0.217. The fourth-order valence-corrected chi connectivity index (χ4v) is 4.16. The number of nitrogens with zero attached hydrogens (tertiary/aromatic N) is 1. The van der Waals surface area contributed by atoms with Crippen molar-refractivity contribution in [2.75, 3.05) is 32.0 Å². The van der Waals surface area contributed by atoms with Crippen LogP contribution in [0.25, 0.3) is 0 Å². The molecule has 6 nitrogen and oxygen atoms in total. The molecular weight excluding hydrogens is 360 g/mol. The summed E-state index contributed by atoms with van der Waals surface area (Å²) < 4.78 is 26.0. The van der Waals surface area contributed by atoms with E-state index >= 15 is 0 Å². The molecule has 0 aliphatic carbocycles. The van der Waals surface area contributed by atoms with Gasteiger partial charge in [0.05, 0.1) is 22.6 Å². The Morgan fingerprint density at radius 2 is 1.79 bits per heavy atom. The van der Waals surface area contributed by atoms with Crippen LogP contribution in [0.5, 0.6) is 0 Å². The van der Waals surface area contributed by atoms with Gasteiger partial charge in [0.25, 0.3) is 0 Å². The van der Waals surface area contributed by atoms with E-state index in [2.05, 4.69) is 15.9 Å². The molecule has 1 aromatic rings. The molecule has 0 amide bonds. The molecule has 0 radical (unpaired) electrons. The average molecular weight is 374 g/mol. The van der Waals surface area contributed by atoms with Crippen LogP contribution in [0.15, 0.2) is 21.5 Å².